The van der Waals surface area contributed by atoms with Gasteiger partial charge in [0.25, 0.3) is 5.91 Å². The van der Waals surface area contributed by atoms with Gasteiger partial charge in [0.15, 0.2) is 9.84 Å². The highest BCUT2D eigenvalue weighted by molar-refractivity contribution is 7.95. The average molecular weight is 589 g/mol. The van der Waals surface area contributed by atoms with Gasteiger partial charge < -0.3 is 15.2 Å². The van der Waals surface area contributed by atoms with Gasteiger partial charge in [0.2, 0.25) is 0 Å². The molecule has 0 bridgehead atoms. The van der Waals surface area contributed by atoms with E-state index in [-0.39, 0.29) is 63.4 Å². The van der Waals surface area contributed by atoms with E-state index in [0.29, 0.717) is 6.42 Å². The van der Waals surface area contributed by atoms with Gasteiger partial charge in [-0.05, 0) is 54.8 Å². The zero-order valence-corrected chi connectivity index (χ0v) is 23.1. The number of carbonyl (C=O) groups is 1. The Kier molecular flexibility index (Phi) is 7.16. The molecule has 0 aromatic heterocycles. The van der Waals surface area contributed by atoms with E-state index < -0.39 is 33.4 Å². The second-order valence-corrected chi connectivity index (χ2v) is 12.2. The van der Waals surface area contributed by atoms with E-state index in [1.165, 1.54) is 48.5 Å². The number of nitrogens with zero attached hydrogens (tertiary/aromatic N) is 1. The van der Waals surface area contributed by atoms with Gasteiger partial charge in [0.1, 0.15) is 41.5 Å². The largest absolute Gasteiger partial charge is 0.506 e. The molecule has 2 heterocycles. The van der Waals surface area contributed by atoms with Crippen LogP contribution in [-0.4, -0.2) is 25.2 Å². The molecule has 2 aliphatic heterocycles. The molecule has 4 aromatic rings. The first kappa shape index (κ1) is 27.5. The van der Waals surface area contributed by atoms with Crippen molar-refractivity contribution in [2.75, 3.05) is 16.0 Å². The third-order valence-electron chi connectivity index (χ3n) is 7.37. The molecule has 10 heteroatoms. The third kappa shape index (κ3) is 4.98. The molecule has 7 nitrogen and oxygen atoms in total. The molecule has 4 aromatic carbocycles. The average Bonchev–Trinajstić information content (AvgIpc) is 3.13. The number of aromatic hydroxyl groups is 1. The fourth-order valence-corrected chi connectivity index (χ4v) is 7.26. The number of ether oxygens (including phenoxy) is 1. The smallest absolute Gasteiger partial charge is 0.262 e. The summed E-state index contributed by atoms with van der Waals surface area (Å²) in [5, 5.41) is 13.8. The summed E-state index contributed by atoms with van der Waals surface area (Å²) in [4.78, 5) is 15.0. The summed E-state index contributed by atoms with van der Waals surface area (Å²) in [5.74, 6) is -2.80. The molecule has 0 spiro atoms. The minimum absolute atomic E-state index is 0.0671. The summed E-state index contributed by atoms with van der Waals surface area (Å²) in [7, 11) is -4.02. The van der Waals surface area contributed by atoms with E-state index in [1.54, 1.807) is 0 Å². The van der Waals surface area contributed by atoms with Gasteiger partial charge in [-0.3, -0.25) is 9.69 Å². The lowest BCUT2D eigenvalue weighted by atomic mass is 9.99. The van der Waals surface area contributed by atoms with E-state index in [9.17, 15) is 22.7 Å². The highest BCUT2D eigenvalue weighted by Crippen LogP contribution is 2.49. The van der Waals surface area contributed by atoms with Gasteiger partial charge in [-0.15, -0.1) is 0 Å². The number of sulfone groups is 1. The van der Waals surface area contributed by atoms with Gasteiger partial charge in [0, 0.05) is 17.3 Å². The molecule has 42 heavy (non-hydrogen) atoms. The molecule has 0 radical (unpaired) electrons. The molecule has 214 valence electrons. The second-order valence-electron chi connectivity index (χ2n) is 10.1. The van der Waals surface area contributed by atoms with Gasteiger partial charge in [0.05, 0.1) is 21.9 Å². The first-order chi connectivity index (χ1) is 20.2. The number of phenolic OH excluding ortho intramolecular Hbond substituents is 1. The molecule has 0 aliphatic carbocycles. The normalized spacial score (nSPS) is 17.5. The van der Waals surface area contributed by atoms with Crippen LogP contribution < -0.4 is 15.0 Å². The van der Waals surface area contributed by atoms with Crippen molar-refractivity contribution in [3.05, 3.63) is 130 Å². The number of rotatable bonds is 5. The number of amides is 1. The molecular weight excluding hydrogens is 562 g/mol. The number of anilines is 2. The SMILES string of the molecule is O=C(c1ccccc1F)N1c2cccc(O)c2NC2=C(C1c1ccc(OCc3ccccc3)cc1F)S(=O)(=O)CCC2. The number of carbonyl (C=O) groups excluding carboxylic acids is 1. The molecule has 6 rings (SSSR count). The van der Waals surface area contributed by atoms with Crippen molar-refractivity contribution < 1.29 is 31.8 Å². The molecule has 0 fully saturated rings. The number of para-hydroxylation sites is 1. The van der Waals surface area contributed by atoms with Crippen LogP contribution in [0.3, 0.4) is 0 Å². The number of hydrogen-bond acceptors (Lipinski definition) is 6. The van der Waals surface area contributed by atoms with Crippen LogP contribution in [-0.2, 0) is 16.4 Å². The van der Waals surface area contributed by atoms with Crippen LogP contribution in [0.2, 0.25) is 0 Å². The minimum Gasteiger partial charge on any atom is -0.506 e. The van der Waals surface area contributed by atoms with E-state index in [2.05, 4.69) is 5.32 Å². The van der Waals surface area contributed by atoms with E-state index in [4.69, 9.17) is 4.74 Å². The number of fused-ring (bicyclic) bond motifs is 1. The van der Waals surface area contributed by atoms with Crippen molar-refractivity contribution in [1.82, 2.24) is 0 Å². The van der Waals surface area contributed by atoms with E-state index in [0.717, 1.165) is 22.6 Å². The Bertz CT molecular complexity index is 1830. The second kappa shape index (κ2) is 10.9. The maximum atomic E-state index is 16.1. The van der Waals surface area contributed by atoms with Crippen molar-refractivity contribution >= 4 is 27.1 Å². The Morgan fingerprint density at radius 3 is 2.48 bits per heavy atom. The third-order valence-corrected chi connectivity index (χ3v) is 9.34. The number of allylic oxidation sites excluding steroid dienone is 1. The first-order valence-electron chi connectivity index (χ1n) is 13.3. The monoisotopic (exact) mass is 588 g/mol. The number of benzene rings is 4. The molecular formula is C32H26F2N2O5S. The van der Waals surface area contributed by atoms with Crippen LogP contribution in [0.4, 0.5) is 20.2 Å². The fraction of sp³-hybridized carbons (Fsp3) is 0.156. The number of nitrogens with one attached hydrogen (secondary N) is 1. The summed E-state index contributed by atoms with van der Waals surface area (Å²) in [5.41, 5.74) is 0.791. The summed E-state index contributed by atoms with van der Waals surface area (Å²) < 4.78 is 64.2. The van der Waals surface area contributed by atoms with Crippen molar-refractivity contribution in [3.63, 3.8) is 0 Å². The molecule has 1 atom stereocenters. The Morgan fingerprint density at radius 2 is 1.71 bits per heavy atom. The highest BCUT2D eigenvalue weighted by atomic mass is 32.2. The summed E-state index contributed by atoms with van der Waals surface area (Å²) in [6.07, 6.45) is 0.570. The lowest BCUT2D eigenvalue weighted by Gasteiger charge is -2.34. The van der Waals surface area contributed by atoms with Crippen LogP contribution in [0, 0.1) is 11.6 Å². The van der Waals surface area contributed by atoms with Gasteiger partial charge in [-0.25, -0.2) is 17.2 Å². The van der Waals surface area contributed by atoms with Crippen molar-refractivity contribution in [2.45, 2.75) is 25.5 Å². The van der Waals surface area contributed by atoms with Crippen LogP contribution in [0.15, 0.2) is 102 Å². The lowest BCUT2D eigenvalue weighted by Crippen LogP contribution is -2.39. The summed E-state index contributed by atoms with van der Waals surface area (Å²) in [6.45, 7) is 0.182. The Balaban J connectivity index is 1.54. The molecule has 0 saturated heterocycles. The molecule has 1 amide bonds. The number of halogens is 2. The summed E-state index contributed by atoms with van der Waals surface area (Å²) in [6, 6.07) is 21.5. The Morgan fingerprint density at radius 1 is 0.952 bits per heavy atom. The van der Waals surface area contributed by atoms with Gasteiger partial charge >= 0.3 is 0 Å². The predicted molar refractivity (Wildman–Crippen MR) is 155 cm³/mol. The quantitative estimate of drug-likeness (QED) is 0.259. The van der Waals surface area contributed by atoms with Gasteiger partial charge in [-0.2, -0.15) is 0 Å². The van der Waals surface area contributed by atoms with Gasteiger partial charge in [-0.1, -0.05) is 48.5 Å². The minimum atomic E-state index is -4.02. The Labute approximate surface area is 241 Å². The van der Waals surface area contributed by atoms with E-state index in [1.807, 2.05) is 30.3 Å². The lowest BCUT2D eigenvalue weighted by molar-refractivity contribution is 0.0976. The maximum Gasteiger partial charge on any atom is 0.262 e. The van der Waals surface area contributed by atoms with Crippen LogP contribution in [0.1, 0.15) is 40.4 Å². The van der Waals surface area contributed by atoms with Crippen LogP contribution >= 0.6 is 0 Å². The number of phenols is 1. The number of hydrogen-bond donors (Lipinski definition) is 2. The molecule has 2 N–H and O–H groups in total. The first-order valence-corrected chi connectivity index (χ1v) is 15.0. The predicted octanol–water partition coefficient (Wildman–Crippen LogP) is 6.48. The highest BCUT2D eigenvalue weighted by Gasteiger charge is 2.44. The molecule has 1 unspecified atom stereocenters. The van der Waals surface area contributed by atoms with Crippen molar-refractivity contribution in [3.8, 4) is 11.5 Å². The topological polar surface area (TPSA) is 95.9 Å². The standard InChI is InChI=1S/C32H26F2N2O5S/c33-24-11-5-4-10-23(24)32(38)36-27-13-6-14-28(37)29(27)35-26-12-7-17-42(39,40)31(26)30(36)22-16-15-21(18-25(22)34)41-19-20-8-2-1-3-9-20/h1-6,8-11,13-16,18,30,35,37H,7,12,17,19H2. The molecule has 0 saturated carbocycles. The van der Waals surface area contributed by atoms with Crippen molar-refractivity contribution in [1.29, 1.82) is 0 Å². The maximum absolute atomic E-state index is 16.1. The van der Waals surface area contributed by atoms with Crippen LogP contribution in [0.5, 0.6) is 11.5 Å². The van der Waals surface area contributed by atoms with Crippen molar-refractivity contribution in [2.24, 2.45) is 0 Å². The van der Waals surface area contributed by atoms with E-state index >= 15 is 4.39 Å². The Hall–Kier alpha value is -4.70. The zero-order valence-electron chi connectivity index (χ0n) is 22.3. The van der Waals surface area contributed by atoms with Crippen LogP contribution in [0.25, 0.3) is 0 Å². The summed E-state index contributed by atoms with van der Waals surface area (Å²) >= 11 is 0. The zero-order chi connectivity index (χ0) is 29.4. The fourth-order valence-electron chi connectivity index (χ4n) is 5.42. The molecule has 2 aliphatic rings.